The van der Waals surface area contributed by atoms with Crippen molar-refractivity contribution in [3.63, 3.8) is 0 Å². The van der Waals surface area contributed by atoms with E-state index in [0.717, 1.165) is 35.7 Å². The molecule has 0 saturated heterocycles. The predicted molar refractivity (Wildman–Crippen MR) is 77.9 cm³/mol. The largest absolute Gasteiger partial charge is 0.328 e. The lowest BCUT2D eigenvalue weighted by atomic mass is 9.92. The van der Waals surface area contributed by atoms with E-state index in [2.05, 4.69) is 21.2 Å². The second kappa shape index (κ2) is 6.45. The molecule has 104 valence electrons. The average molecular weight is 328 g/mol. The lowest BCUT2D eigenvalue weighted by molar-refractivity contribution is -0.385. The zero-order valence-electron chi connectivity index (χ0n) is 10.6. The third-order valence-corrected chi connectivity index (χ3v) is 4.09. The molecule has 0 unspecified atom stereocenters. The highest BCUT2D eigenvalue weighted by Gasteiger charge is 2.19. The standard InChI is InChI=1S/C13H18BrN3O2/c14-10-2-1-9(13(7-10)17(18)19)8-16-12-5-3-11(15)4-6-12/h1-2,7,11-12,16H,3-6,8,15H2. The number of nitrogens with zero attached hydrogens (tertiary/aromatic N) is 1. The Bertz CT molecular complexity index is 459. The van der Waals surface area contributed by atoms with Gasteiger partial charge in [0.25, 0.3) is 5.69 Å². The van der Waals surface area contributed by atoms with Crippen LogP contribution in [0.1, 0.15) is 31.2 Å². The number of nitrogens with one attached hydrogen (secondary N) is 1. The fraction of sp³-hybridized carbons (Fsp3) is 0.538. The molecule has 1 fully saturated rings. The van der Waals surface area contributed by atoms with Crippen LogP contribution in [0.5, 0.6) is 0 Å². The second-order valence-corrected chi connectivity index (χ2v) is 5.94. The van der Waals surface area contributed by atoms with Crippen molar-refractivity contribution in [2.75, 3.05) is 0 Å². The van der Waals surface area contributed by atoms with Crippen molar-refractivity contribution < 1.29 is 4.92 Å². The van der Waals surface area contributed by atoms with Crippen LogP contribution in [0.2, 0.25) is 0 Å². The van der Waals surface area contributed by atoms with Crippen molar-refractivity contribution in [1.82, 2.24) is 5.32 Å². The number of benzene rings is 1. The molecule has 1 aromatic rings. The van der Waals surface area contributed by atoms with E-state index in [1.807, 2.05) is 6.07 Å². The first kappa shape index (κ1) is 14.4. The molecule has 2 rings (SSSR count). The van der Waals surface area contributed by atoms with E-state index in [0.29, 0.717) is 18.6 Å². The van der Waals surface area contributed by atoms with Gasteiger partial charge in [0.05, 0.1) is 4.92 Å². The Hall–Kier alpha value is -0.980. The van der Waals surface area contributed by atoms with E-state index in [9.17, 15) is 10.1 Å². The number of rotatable bonds is 4. The molecule has 19 heavy (non-hydrogen) atoms. The van der Waals surface area contributed by atoms with Crippen molar-refractivity contribution in [2.45, 2.75) is 44.3 Å². The third-order valence-electron chi connectivity index (χ3n) is 3.60. The summed E-state index contributed by atoms with van der Waals surface area (Å²) in [5.74, 6) is 0. The summed E-state index contributed by atoms with van der Waals surface area (Å²) >= 11 is 3.26. The van der Waals surface area contributed by atoms with Crippen LogP contribution in [-0.4, -0.2) is 17.0 Å². The molecular formula is C13H18BrN3O2. The predicted octanol–water partition coefficient (Wildman–Crippen LogP) is 2.72. The van der Waals surface area contributed by atoms with Crippen LogP contribution >= 0.6 is 15.9 Å². The van der Waals surface area contributed by atoms with Crippen LogP contribution in [-0.2, 0) is 6.54 Å². The first-order valence-electron chi connectivity index (χ1n) is 6.48. The Balaban J connectivity index is 1.97. The molecule has 0 amide bonds. The van der Waals surface area contributed by atoms with Crippen LogP contribution in [0.3, 0.4) is 0 Å². The molecule has 0 heterocycles. The van der Waals surface area contributed by atoms with Crippen LogP contribution < -0.4 is 11.1 Å². The third kappa shape index (κ3) is 3.99. The van der Waals surface area contributed by atoms with Gasteiger partial charge in [0.15, 0.2) is 0 Å². The first-order valence-corrected chi connectivity index (χ1v) is 7.27. The van der Waals surface area contributed by atoms with Gasteiger partial charge in [-0.2, -0.15) is 0 Å². The first-order chi connectivity index (χ1) is 9.06. The van der Waals surface area contributed by atoms with Gasteiger partial charge in [0.1, 0.15) is 0 Å². The van der Waals surface area contributed by atoms with Crippen molar-refractivity contribution in [3.8, 4) is 0 Å². The Morgan fingerprint density at radius 1 is 1.37 bits per heavy atom. The van der Waals surface area contributed by atoms with Crippen molar-refractivity contribution in [1.29, 1.82) is 0 Å². The molecule has 0 spiro atoms. The maximum atomic E-state index is 11.0. The Morgan fingerprint density at radius 2 is 2.05 bits per heavy atom. The highest BCUT2D eigenvalue weighted by atomic mass is 79.9. The SMILES string of the molecule is NC1CCC(NCc2ccc(Br)cc2[N+](=O)[O-])CC1. The van der Waals surface area contributed by atoms with Crippen LogP contribution in [0, 0.1) is 10.1 Å². The Labute approximate surface area is 120 Å². The van der Waals surface area contributed by atoms with E-state index < -0.39 is 0 Å². The molecule has 0 aromatic heterocycles. The van der Waals surface area contributed by atoms with Crippen molar-refractivity contribution in [3.05, 3.63) is 38.3 Å². The minimum Gasteiger partial charge on any atom is -0.328 e. The van der Waals surface area contributed by atoms with Gasteiger partial charge in [-0.3, -0.25) is 10.1 Å². The van der Waals surface area contributed by atoms with Gasteiger partial charge in [-0.1, -0.05) is 15.9 Å². The molecule has 5 nitrogen and oxygen atoms in total. The molecular weight excluding hydrogens is 310 g/mol. The van der Waals surface area contributed by atoms with Gasteiger partial charge in [-0.05, 0) is 37.8 Å². The maximum absolute atomic E-state index is 11.0. The molecule has 0 bridgehead atoms. The summed E-state index contributed by atoms with van der Waals surface area (Å²) in [5.41, 5.74) is 6.75. The van der Waals surface area contributed by atoms with Crippen LogP contribution in [0.15, 0.2) is 22.7 Å². The Morgan fingerprint density at radius 3 is 2.68 bits per heavy atom. The average Bonchev–Trinajstić information content (AvgIpc) is 2.39. The number of nitro benzene ring substituents is 1. The van der Waals surface area contributed by atoms with Gasteiger partial charge in [0, 0.05) is 34.7 Å². The minimum absolute atomic E-state index is 0.161. The van der Waals surface area contributed by atoms with E-state index in [-0.39, 0.29) is 10.6 Å². The molecule has 6 heteroatoms. The fourth-order valence-electron chi connectivity index (χ4n) is 2.43. The van der Waals surface area contributed by atoms with Crippen molar-refractivity contribution >= 4 is 21.6 Å². The summed E-state index contributed by atoms with van der Waals surface area (Å²) in [6.45, 7) is 0.531. The number of nitro groups is 1. The highest BCUT2D eigenvalue weighted by molar-refractivity contribution is 9.10. The lowest BCUT2D eigenvalue weighted by Crippen LogP contribution is -2.37. The van der Waals surface area contributed by atoms with Crippen LogP contribution in [0.4, 0.5) is 5.69 Å². The smallest absolute Gasteiger partial charge is 0.275 e. The zero-order chi connectivity index (χ0) is 13.8. The molecule has 0 radical (unpaired) electrons. The van der Waals surface area contributed by atoms with E-state index in [1.165, 1.54) is 0 Å². The minimum atomic E-state index is -0.335. The molecule has 1 aromatic carbocycles. The highest BCUT2D eigenvalue weighted by Crippen LogP contribution is 2.24. The summed E-state index contributed by atoms with van der Waals surface area (Å²) in [7, 11) is 0. The Kier molecular flexibility index (Phi) is 4.90. The number of nitrogens with two attached hydrogens (primary N) is 1. The molecule has 1 aliphatic carbocycles. The quantitative estimate of drug-likeness (QED) is 0.658. The summed E-state index contributed by atoms with van der Waals surface area (Å²) in [4.78, 5) is 10.7. The monoisotopic (exact) mass is 327 g/mol. The fourth-order valence-corrected chi connectivity index (χ4v) is 2.78. The van der Waals surface area contributed by atoms with Gasteiger partial charge in [-0.15, -0.1) is 0 Å². The van der Waals surface area contributed by atoms with E-state index in [1.54, 1.807) is 12.1 Å². The molecule has 0 atom stereocenters. The number of halogens is 1. The number of hydrogen-bond acceptors (Lipinski definition) is 4. The molecule has 3 N–H and O–H groups in total. The molecule has 1 saturated carbocycles. The second-order valence-electron chi connectivity index (χ2n) is 5.02. The lowest BCUT2D eigenvalue weighted by Gasteiger charge is -2.26. The van der Waals surface area contributed by atoms with Gasteiger partial charge in [0.2, 0.25) is 0 Å². The summed E-state index contributed by atoms with van der Waals surface area (Å²) in [6, 6.07) is 5.92. The summed E-state index contributed by atoms with van der Waals surface area (Å²) in [5, 5.41) is 14.4. The number of hydrogen-bond donors (Lipinski definition) is 2. The molecule has 1 aliphatic rings. The molecule has 0 aliphatic heterocycles. The normalized spacial score (nSPS) is 23.3. The van der Waals surface area contributed by atoms with E-state index in [4.69, 9.17) is 5.73 Å². The zero-order valence-corrected chi connectivity index (χ0v) is 12.2. The van der Waals surface area contributed by atoms with E-state index >= 15 is 0 Å². The topological polar surface area (TPSA) is 81.2 Å². The van der Waals surface area contributed by atoms with Crippen molar-refractivity contribution in [2.24, 2.45) is 5.73 Å². The van der Waals surface area contributed by atoms with Gasteiger partial charge >= 0.3 is 0 Å². The van der Waals surface area contributed by atoms with Gasteiger partial charge < -0.3 is 11.1 Å². The van der Waals surface area contributed by atoms with Crippen LogP contribution in [0.25, 0.3) is 0 Å². The van der Waals surface area contributed by atoms with Gasteiger partial charge in [-0.25, -0.2) is 0 Å². The maximum Gasteiger partial charge on any atom is 0.275 e. The summed E-state index contributed by atoms with van der Waals surface area (Å²) in [6.07, 6.45) is 4.15. The summed E-state index contributed by atoms with van der Waals surface area (Å²) < 4.78 is 0.728.